The van der Waals surface area contributed by atoms with Crippen LogP contribution in [0.1, 0.15) is 44.2 Å². The molecule has 3 rings (SSSR count). The fourth-order valence-electron chi connectivity index (χ4n) is 2.88. The summed E-state index contributed by atoms with van der Waals surface area (Å²) in [6.45, 7) is 8.02. The average Bonchev–Trinajstić information content (AvgIpc) is 3.18. The summed E-state index contributed by atoms with van der Waals surface area (Å²) >= 11 is 7.37. The van der Waals surface area contributed by atoms with Gasteiger partial charge in [0.15, 0.2) is 11.2 Å². The summed E-state index contributed by atoms with van der Waals surface area (Å²) in [6.07, 6.45) is 0.458. The maximum absolute atomic E-state index is 12.5. The molecule has 1 amide bonds. The number of aryl methyl sites for hydroxylation is 1. The van der Waals surface area contributed by atoms with Gasteiger partial charge < -0.3 is 4.74 Å². The monoisotopic (exact) mass is 428 g/mol. The van der Waals surface area contributed by atoms with Crippen molar-refractivity contribution in [2.45, 2.75) is 46.1 Å². The summed E-state index contributed by atoms with van der Waals surface area (Å²) in [6, 6.07) is 13.8. The molecule has 3 aromatic rings. The molecule has 1 aromatic heterocycles. The molecule has 0 radical (unpaired) electrons. The van der Waals surface area contributed by atoms with Crippen LogP contribution in [0.5, 0.6) is 5.75 Å². The van der Waals surface area contributed by atoms with Crippen LogP contribution >= 0.6 is 22.9 Å². The third-order valence-electron chi connectivity index (χ3n) is 4.93. The minimum absolute atomic E-state index is 0.243. The van der Waals surface area contributed by atoms with Gasteiger partial charge in [-0.1, -0.05) is 49.7 Å². The Bertz CT molecular complexity index is 985. The van der Waals surface area contributed by atoms with Crippen LogP contribution in [-0.4, -0.2) is 17.0 Å². The molecule has 0 spiro atoms. The van der Waals surface area contributed by atoms with Crippen molar-refractivity contribution in [1.29, 1.82) is 0 Å². The fourth-order valence-corrected chi connectivity index (χ4v) is 3.83. The highest BCUT2D eigenvalue weighted by molar-refractivity contribution is 7.14. The maximum atomic E-state index is 12.5. The summed E-state index contributed by atoms with van der Waals surface area (Å²) < 4.78 is 5.78. The largest absolute Gasteiger partial charge is 0.481 e. The molecular weight excluding hydrogens is 404 g/mol. The van der Waals surface area contributed by atoms with E-state index in [1.807, 2.05) is 12.3 Å². The molecule has 0 fully saturated rings. The van der Waals surface area contributed by atoms with Gasteiger partial charge in [-0.2, -0.15) is 0 Å². The number of ether oxygens (including phenoxy) is 1. The molecule has 2 atom stereocenters. The van der Waals surface area contributed by atoms with Gasteiger partial charge in [-0.3, -0.25) is 10.1 Å². The SMILES string of the molecule is CCC(C)c1ccc(-c2csc(NC(=O)C(C)Oc3ccc(Cl)cc3C)n2)cc1. The highest BCUT2D eigenvalue weighted by Crippen LogP contribution is 2.28. The lowest BCUT2D eigenvalue weighted by molar-refractivity contribution is -0.122. The number of benzene rings is 2. The van der Waals surface area contributed by atoms with E-state index >= 15 is 0 Å². The summed E-state index contributed by atoms with van der Waals surface area (Å²) in [5.41, 5.74) is 4.09. The molecule has 0 saturated heterocycles. The number of halogens is 1. The first kappa shape index (κ1) is 21.3. The first-order chi connectivity index (χ1) is 13.9. The summed E-state index contributed by atoms with van der Waals surface area (Å²) in [5.74, 6) is 0.936. The number of carbonyl (C=O) groups is 1. The zero-order valence-electron chi connectivity index (χ0n) is 17.0. The van der Waals surface area contributed by atoms with Crippen LogP contribution < -0.4 is 10.1 Å². The van der Waals surface area contributed by atoms with Crippen LogP contribution in [0.3, 0.4) is 0 Å². The van der Waals surface area contributed by atoms with Crippen molar-refractivity contribution in [2.24, 2.45) is 0 Å². The van der Waals surface area contributed by atoms with Gasteiger partial charge in [0.25, 0.3) is 5.91 Å². The van der Waals surface area contributed by atoms with E-state index in [1.54, 1.807) is 25.1 Å². The van der Waals surface area contributed by atoms with E-state index in [4.69, 9.17) is 16.3 Å². The molecule has 0 bridgehead atoms. The van der Waals surface area contributed by atoms with Crippen molar-refractivity contribution in [1.82, 2.24) is 4.98 Å². The lowest BCUT2D eigenvalue weighted by Crippen LogP contribution is -2.30. The second-order valence-corrected chi connectivity index (χ2v) is 8.42. The molecule has 2 aromatic carbocycles. The molecule has 1 heterocycles. The van der Waals surface area contributed by atoms with Crippen LogP contribution in [0.2, 0.25) is 5.02 Å². The normalized spacial score (nSPS) is 13.0. The number of carbonyl (C=O) groups excluding carboxylic acids is 1. The van der Waals surface area contributed by atoms with Crippen molar-refractivity contribution in [3.63, 3.8) is 0 Å². The number of nitrogens with zero attached hydrogens (tertiary/aromatic N) is 1. The molecule has 29 heavy (non-hydrogen) atoms. The summed E-state index contributed by atoms with van der Waals surface area (Å²) in [7, 11) is 0. The van der Waals surface area contributed by atoms with Gasteiger partial charge in [0.1, 0.15) is 5.75 Å². The Morgan fingerprint density at radius 1 is 1.21 bits per heavy atom. The lowest BCUT2D eigenvalue weighted by Gasteiger charge is -2.15. The molecule has 152 valence electrons. The maximum Gasteiger partial charge on any atom is 0.266 e. The first-order valence-corrected chi connectivity index (χ1v) is 10.9. The zero-order chi connectivity index (χ0) is 21.0. The first-order valence-electron chi connectivity index (χ1n) is 9.67. The number of rotatable bonds is 7. The Morgan fingerprint density at radius 2 is 1.93 bits per heavy atom. The van der Waals surface area contributed by atoms with Gasteiger partial charge in [-0.25, -0.2) is 4.98 Å². The van der Waals surface area contributed by atoms with E-state index in [9.17, 15) is 4.79 Å². The van der Waals surface area contributed by atoms with Crippen molar-refractivity contribution < 1.29 is 9.53 Å². The van der Waals surface area contributed by atoms with E-state index in [0.29, 0.717) is 21.8 Å². The zero-order valence-corrected chi connectivity index (χ0v) is 18.6. The van der Waals surface area contributed by atoms with Crippen molar-refractivity contribution >= 4 is 34.0 Å². The Balaban J connectivity index is 1.63. The number of thiazole rings is 1. The Labute approximate surface area is 180 Å². The third kappa shape index (κ3) is 5.37. The molecule has 0 aliphatic rings. The van der Waals surface area contributed by atoms with Crippen LogP contribution in [0.15, 0.2) is 47.8 Å². The van der Waals surface area contributed by atoms with Crippen LogP contribution in [0, 0.1) is 6.92 Å². The smallest absolute Gasteiger partial charge is 0.266 e. The van der Waals surface area contributed by atoms with E-state index in [2.05, 4.69) is 48.4 Å². The van der Waals surface area contributed by atoms with Crippen molar-refractivity contribution in [3.05, 3.63) is 64.0 Å². The summed E-state index contributed by atoms with van der Waals surface area (Å²) in [5, 5.41) is 5.98. The molecule has 6 heteroatoms. The molecule has 2 unspecified atom stereocenters. The van der Waals surface area contributed by atoms with Crippen LogP contribution in [0.4, 0.5) is 5.13 Å². The lowest BCUT2D eigenvalue weighted by atomic mass is 9.97. The molecule has 1 N–H and O–H groups in total. The number of hydrogen-bond acceptors (Lipinski definition) is 4. The minimum atomic E-state index is -0.656. The molecule has 0 saturated carbocycles. The predicted octanol–water partition coefficient (Wildman–Crippen LogP) is 6.69. The van der Waals surface area contributed by atoms with Crippen molar-refractivity contribution in [3.8, 4) is 17.0 Å². The van der Waals surface area contributed by atoms with Gasteiger partial charge >= 0.3 is 0 Å². The number of aromatic nitrogens is 1. The number of amides is 1. The minimum Gasteiger partial charge on any atom is -0.481 e. The standard InChI is InChI=1S/C23H25ClN2O2S/c1-5-14(2)17-6-8-18(9-7-17)20-13-29-23(25-20)26-22(27)16(4)28-21-11-10-19(24)12-15(21)3/h6-14,16H,5H2,1-4H3,(H,25,26,27). The van der Waals surface area contributed by atoms with Crippen LogP contribution in [-0.2, 0) is 4.79 Å². The quantitative estimate of drug-likeness (QED) is 0.456. The second kappa shape index (κ2) is 9.42. The van der Waals surface area contributed by atoms with E-state index in [0.717, 1.165) is 23.2 Å². The molecule has 0 aliphatic carbocycles. The molecule has 0 aliphatic heterocycles. The van der Waals surface area contributed by atoms with E-state index < -0.39 is 6.10 Å². The molecular formula is C23H25ClN2O2S. The van der Waals surface area contributed by atoms with Crippen molar-refractivity contribution in [2.75, 3.05) is 5.32 Å². The highest BCUT2D eigenvalue weighted by atomic mass is 35.5. The predicted molar refractivity (Wildman–Crippen MR) is 121 cm³/mol. The Hall–Kier alpha value is -2.37. The fraction of sp³-hybridized carbons (Fsp3) is 0.304. The topological polar surface area (TPSA) is 51.2 Å². The number of nitrogens with one attached hydrogen (secondary N) is 1. The van der Waals surface area contributed by atoms with Crippen LogP contribution in [0.25, 0.3) is 11.3 Å². The van der Waals surface area contributed by atoms with Gasteiger partial charge in [-0.15, -0.1) is 11.3 Å². The Kier molecular flexibility index (Phi) is 6.93. The Morgan fingerprint density at radius 3 is 2.59 bits per heavy atom. The molecule has 4 nitrogen and oxygen atoms in total. The average molecular weight is 429 g/mol. The van der Waals surface area contributed by atoms with E-state index in [-0.39, 0.29) is 5.91 Å². The van der Waals surface area contributed by atoms with Gasteiger partial charge in [0, 0.05) is 16.0 Å². The van der Waals surface area contributed by atoms with Gasteiger partial charge in [-0.05, 0) is 55.5 Å². The second-order valence-electron chi connectivity index (χ2n) is 7.13. The number of hydrogen-bond donors (Lipinski definition) is 1. The third-order valence-corrected chi connectivity index (χ3v) is 5.92. The summed E-state index contributed by atoms with van der Waals surface area (Å²) in [4.78, 5) is 17.0. The number of anilines is 1. The van der Waals surface area contributed by atoms with Gasteiger partial charge in [0.05, 0.1) is 5.69 Å². The highest BCUT2D eigenvalue weighted by Gasteiger charge is 2.18. The van der Waals surface area contributed by atoms with E-state index in [1.165, 1.54) is 16.9 Å². The van der Waals surface area contributed by atoms with Gasteiger partial charge in [0.2, 0.25) is 0 Å².